The van der Waals surface area contributed by atoms with Gasteiger partial charge in [0.2, 0.25) is 0 Å². The number of hydrogen-bond donors (Lipinski definition) is 1. The predicted molar refractivity (Wildman–Crippen MR) is 67.1 cm³/mol. The van der Waals surface area contributed by atoms with Crippen molar-refractivity contribution in [2.75, 3.05) is 5.88 Å². The van der Waals surface area contributed by atoms with Crippen LogP contribution in [0.25, 0.3) is 0 Å². The van der Waals surface area contributed by atoms with E-state index in [1.807, 2.05) is 38.1 Å². The first-order chi connectivity index (χ1) is 7.65. The molecule has 0 amide bonds. The van der Waals surface area contributed by atoms with Crippen LogP contribution < -0.4 is 4.74 Å². The second-order valence-electron chi connectivity index (χ2n) is 4.05. The first-order valence-electron chi connectivity index (χ1n) is 5.64. The predicted octanol–water partition coefficient (Wildman–Crippen LogP) is 3.53. The topological polar surface area (TPSA) is 29.5 Å². The zero-order chi connectivity index (χ0) is 12.0. The zero-order valence-electron chi connectivity index (χ0n) is 9.82. The SMILES string of the molecule is CC(C)Oc1ccccc1C(O)CCCCl. The van der Waals surface area contributed by atoms with Crippen molar-refractivity contribution in [1.29, 1.82) is 0 Å². The van der Waals surface area contributed by atoms with Crippen LogP contribution in [0.15, 0.2) is 24.3 Å². The van der Waals surface area contributed by atoms with Crippen LogP contribution in [-0.4, -0.2) is 17.1 Å². The number of ether oxygens (including phenoxy) is 1. The molecule has 2 nitrogen and oxygen atoms in total. The molecule has 0 spiro atoms. The van der Waals surface area contributed by atoms with Crippen LogP contribution in [0.3, 0.4) is 0 Å². The molecule has 0 aliphatic heterocycles. The number of alkyl halides is 1. The minimum atomic E-state index is -0.492. The lowest BCUT2D eigenvalue weighted by atomic mass is 10.0. The molecule has 1 aromatic rings. The third kappa shape index (κ3) is 4.03. The van der Waals surface area contributed by atoms with Crippen molar-refractivity contribution in [2.45, 2.75) is 38.9 Å². The largest absolute Gasteiger partial charge is 0.491 e. The third-order valence-corrected chi connectivity index (χ3v) is 2.52. The van der Waals surface area contributed by atoms with E-state index in [-0.39, 0.29) is 6.10 Å². The van der Waals surface area contributed by atoms with Crippen molar-refractivity contribution in [2.24, 2.45) is 0 Å². The maximum absolute atomic E-state index is 10.0. The van der Waals surface area contributed by atoms with Crippen LogP contribution in [0, 0.1) is 0 Å². The monoisotopic (exact) mass is 242 g/mol. The molecular weight excluding hydrogens is 224 g/mol. The summed E-state index contributed by atoms with van der Waals surface area (Å²) in [5, 5.41) is 10.0. The molecule has 16 heavy (non-hydrogen) atoms. The highest BCUT2D eigenvalue weighted by Crippen LogP contribution is 2.28. The fraction of sp³-hybridized carbons (Fsp3) is 0.538. The number of para-hydroxylation sites is 1. The fourth-order valence-electron chi connectivity index (χ4n) is 1.54. The first-order valence-corrected chi connectivity index (χ1v) is 6.18. The molecule has 1 N–H and O–H groups in total. The zero-order valence-corrected chi connectivity index (χ0v) is 10.6. The van der Waals surface area contributed by atoms with Gasteiger partial charge in [0.15, 0.2) is 0 Å². The molecule has 0 aromatic heterocycles. The molecule has 0 saturated heterocycles. The third-order valence-electron chi connectivity index (χ3n) is 2.25. The van der Waals surface area contributed by atoms with Crippen molar-refractivity contribution in [3.8, 4) is 5.75 Å². The summed E-state index contributed by atoms with van der Waals surface area (Å²) in [7, 11) is 0. The first kappa shape index (κ1) is 13.3. The number of aliphatic hydroxyl groups is 1. The quantitative estimate of drug-likeness (QED) is 0.774. The van der Waals surface area contributed by atoms with E-state index in [0.29, 0.717) is 12.3 Å². The van der Waals surface area contributed by atoms with Gasteiger partial charge in [0.05, 0.1) is 12.2 Å². The van der Waals surface area contributed by atoms with E-state index in [0.717, 1.165) is 17.7 Å². The van der Waals surface area contributed by atoms with Gasteiger partial charge in [0.25, 0.3) is 0 Å². The van der Waals surface area contributed by atoms with Gasteiger partial charge in [-0.05, 0) is 32.8 Å². The number of benzene rings is 1. The Kier molecular flexibility index (Phi) is 5.64. The Morgan fingerprint density at radius 1 is 1.31 bits per heavy atom. The minimum absolute atomic E-state index is 0.112. The molecule has 1 aromatic carbocycles. The van der Waals surface area contributed by atoms with E-state index >= 15 is 0 Å². The lowest BCUT2D eigenvalue weighted by Crippen LogP contribution is -2.09. The van der Waals surface area contributed by atoms with Crippen molar-refractivity contribution in [1.82, 2.24) is 0 Å². The number of halogens is 1. The molecule has 0 fully saturated rings. The molecule has 3 heteroatoms. The summed E-state index contributed by atoms with van der Waals surface area (Å²) in [6, 6.07) is 7.61. The highest BCUT2D eigenvalue weighted by atomic mass is 35.5. The molecular formula is C13H19ClO2. The van der Waals surface area contributed by atoms with Gasteiger partial charge in [-0.15, -0.1) is 11.6 Å². The lowest BCUT2D eigenvalue weighted by Gasteiger charge is -2.17. The smallest absolute Gasteiger partial charge is 0.125 e. The summed E-state index contributed by atoms with van der Waals surface area (Å²) in [6.07, 6.45) is 1.09. The van der Waals surface area contributed by atoms with E-state index in [1.54, 1.807) is 0 Å². The van der Waals surface area contributed by atoms with Gasteiger partial charge < -0.3 is 9.84 Å². The summed E-state index contributed by atoms with van der Waals surface area (Å²) in [5.74, 6) is 1.34. The Morgan fingerprint density at radius 3 is 2.62 bits per heavy atom. The Balaban J connectivity index is 2.76. The summed E-state index contributed by atoms with van der Waals surface area (Å²) in [6.45, 7) is 3.95. The van der Waals surface area contributed by atoms with Gasteiger partial charge in [0.1, 0.15) is 5.75 Å². The number of rotatable bonds is 6. The van der Waals surface area contributed by atoms with E-state index in [4.69, 9.17) is 16.3 Å². The minimum Gasteiger partial charge on any atom is -0.491 e. The molecule has 1 unspecified atom stereocenters. The molecule has 0 aliphatic carbocycles. The van der Waals surface area contributed by atoms with Gasteiger partial charge in [-0.1, -0.05) is 18.2 Å². The van der Waals surface area contributed by atoms with Crippen LogP contribution in [0.4, 0.5) is 0 Å². The van der Waals surface area contributed by atoms with Crippen LogP contribution in [0.1, 0.15) is 38.4 Å². The summed E-state index contributed by atoms with van der Waals surface area (Å²) >= 11 is 5.61. The van der Waals surface area contributed by atoms with Crippen LogP contribution in [-0.2, 0) is 0 Å². The van der Waals surface area contributed by atoms with Gasteiger partial charge in [-0.25, -0.2) is 0 Å². The molecule has 0 heterocycles. The molecule has 0 aliphatic rings. The van der Waals surface area contributed by atoms with E-state index in [1.165, 1.54) is 0 Å². The Bertz CT molecular complexity index is 313. The summed E-state index contributed by atoms with van der Waals surface area (Å²) in [5.41, 5.74) is 0.848. The maximum atomic E-state index is 10.0. The molecule has 0 radical (unpaired) electrons. The van der Waals surface area contributed by atoms with Crippen molar-refractivity contribution in [3.63, 3.8) is 0 Å². The van der Waals surface area contributed by atoms with Crippen molar-refractivity contribution in [3.05, 3.63) is 29.8 Å². The van der Waals surface area contributed by atoms with E-state index < -0.39 is 6.10 Å². The summed E-state index contributed by atoms with van der Waals surface area (Å²) < 4.78 is 5.65. The molecule has 0 saturated carbocycles. The van der Waals surface area contributed by atoms with Crippen LogP contribution in [0.2, 0.25) is 0 Å². The summed E-state index contributed by atoms with van der Waals surface area (Å²) in [4.78, 5) is 0. The Morgan fingerprint density at radius 2 is 2.00 bits per heavy atom. The second kappa shape index (κ2) is 6.77. The van der Waals surface area contributed by atoms with E-state index in [2.05, 4.69) is 0 Å². The lowest BCUT2D eigenvalue weighted by molar-refractivity contribution is 0.156. The van der Waals surface area contributed by atoms with Crippen molar-refractivity contribution >= 4 is 11.6 Å². The van der Waals surface area contributed by atoms with Gasteiger partial charge in [-0.2, -0.15) is 0 Å². The second-order valence-corrected chi connectivity index (χ2v) is 4.43. The number of hydrogen-bond acceptors (Lipinski definition) is 2. The Hall–Kier alpha value is -0.730. The van der Waals surface area contributed by atoms with E-state index in [9.17, 15) is 5.11 Å². The highest BCUT2D eigenvalue weighted by Gasteiger charge is 2.13. The molecule has 0 bridgehead atoms. The fourth-order valence-corrected chi connectivity index (χ4v) is 1.70. The molecule has 90 valence electrons. The normalized spacial score (nSPS) is 12.8. The maximum Gasteiger partial charge on any atom is 0.125 e. The number of aliphatic hydroxyl groups excluding tert-OH is 1. The van der Waals surface area contributed by atoms with Gasteiger partial charge in [0, 0.05) is 11.4 Å². The standard InChI is InChI=1S/C13H19ClO2/c1-10(2)16-13-8-4-3-6-11(13)12(15)7-5-9-14/h3-4,6,8,10,12,15H,5,7,9H2,1-2H3. The Labute approximate surface area is 102 Å². The average molecular weight is 243 g/mol. The van der Waals surface area contributed by atoms with Crippen LogP contribution in [0.5, 0.6) is 5.75 Å². The highest BCUT2D eigenvalue weighted by molar-refractivity contribution is 6.17. The molecule has 1 rings (SSSR count). The average Bonchev–Trinajstić information content (AvgIpc) is 2.26. The van der Waals surface area contributed by atoms with Gasteiger partial charge in [-0.3, -0.25) is 0 Å². The molecule has 1 atom stereocenters. The van der Waals surface area contributed by atoms with Crippen LogP contribution >= 0.6 is 11.6 Å². The van der Waals surface area contributed by atoms with Crippen molar-refractivity contribution < 1.29 is 9.84 Å². The van der Waals surface area contributed by atoms with Gasteiger partial charge >= 0.3 is 0 Å².